The third-order valence-corrected chi connectivity index (χ3v) is 7.07. The minimum Gasteiger partial charge on any atom is -0.497 e. The van der Waals surface area contributed by atoms with Gasteiger partial charge in [-0.25, -0.2) is 0 Å². The number of halogens is 2. The molecule has 0 fully saturated rings. The number of methoxy groups -OCH3 is 2. The van der Waals surface area contributed by atoms with E-state index < -0.39 is 5.91 Å². The molecule has 0 aliphatic rings. The first kappa shape index (κ1) is 29.7. The average molecular weight is 678 g/mol. The number of anilines is 1. The summed E-state index contributed by atoms with van der Waals surface area (Å²) >= 11 is 7.09. The first-order valence-corrected chi connectivity index (χ1v) is 14.0. The zero-order valence-electron chi connectivity index (χ0n) is 22.3. The van der Waals surface area contributed by atoms with Crippen LogP contribution in [-0.4, -0.2) is 20.1 Å². The smallest absolute Gasteiger partial charge is 0.266 e. The average Bonchev–Trinajstić information content (AvgIpc) is 2.99. The standard InChI is InChI=1S/C32H26Br2N2O5/c1-38-26-11-9-25(10-12-26)36-32(37)24(18-35)14-23-15-27(33)31(28(34)16-23)41-20-22-8-13-29(30(17-22)39-2)40-19-21-6-4-3-5-7-21/h3-17H,19-20H2,1-2H3,(H,36,37)/b24-14-. The Morgan fingerprint density at radius 3 is 2.15 bits per heavy atom. The van der Waals surface area contributed by atoms with Gasteiger partial charge in [0, 0.05) is 5.69 Å². The monoisotopic (exact) mass is 676 g/mol. The molecule has 0 heterocycles. The molecule has 4 aromatic carbocycles. The molecular weight excluding hydrogens is 652 g/mol. The maximum atomic E-state index is 12.7. The van der Waals surface area contributed by atoms with Gasteiger partial charge in [0.15, 0.2) is 11.5 Å². The van der Waals surface area contributed by atoms with Gasteiger partial charge in [0.25, 0.3) is 5.91 Å². The number of hydrogen-bond donors (Lipinski definition) is 1. The van der Waals surface area contributed by atoms with Gasteiger partial charge in [0.1, 0.15) is 36.4 Å². The van der Waals surface area contributed by atoms with Gasteiger partial charge in [0.2, 0.25) is 0 Å². The van der Waals surface area contributed by atoms with Gasteiger partial charge >= 0.3 is 0 Å². The quantitative estimate of drug-likeness (QED) is 0.128. The molecule has 9 heteroatoms. The summed E-state index contributed by atoms with van der Waals surface area (Å²) in [5.74, 6) is 1.97. The minimum absolute atomic E-state index is 0.0463. The Hall–Kier alpha value is -4.26. The van der Waals surface area contributed by atoms with Gasteiger partial charge in [-0.15, -0.1) is 0 Å². The number of benzene rings is 4. The molecule has 0 aliphatic carbocycles. The van der Waals surface area contributed by atoms with Crippen LogP contribution in [0.25, 0.3) is 6.08 Å². The molecule has 0 aromatic heterocycles. The number of carbonyl (C=O) groups excluding carboxylic acids is 1. The van der Waals surface area contributed by atoms with Gasteiger partial charge in [-0.05, 0) is 103 Å². The highest BCUT2D eigenvalue weighted by molar-refractivity contribution is 9.11. The first-order chi connectivity index (χ1) is 19.9. The molecule has 0 unspecified atom stereocenters. The maximum Gasteiger partial charge on any atom is 0.266 e. The van der Waals surface area contributed by atoms with E-state index in [0.29, 0.717) is 49.8 Å². The van der Waals surface area contributed by atoms with E-state index in [9.17, 15) is 10.1 Å². The second-order valence-electron chi connectivity index (χ2n) is 8.71. The summed E-state index contributed by atoms with van der Waals surface area (Å²) in [6.07, 6.45) is 1.51. The van der Waals surface area contributed by atoms with Crippen LogP contribution in [0.2, 0.25) is 0 Å². The number of nitrogens with one attached hydrogen (secondary N) is 1. The molecule has 4 aromatic rings. The summed E-state index contributed by atoms with van der Waals surface area (Å²) in [7, 11) is 3.16. The van der Waals surface area contributed by atoms with Crippen molar-refractivity contribution in [3.8, 4) is 29.1 Å². The van der Waals surface area contributed by atoms with Crippen LogP contribution in [0.3, 0.4) is 0 Å². The van der Waals surface area contributed by atoms with E-state index in [1.807, 2.05) is 54.6 Å². The molecule has 0 saturated carbocycles. The molecule has 7 nitrogen and oxygen atoms in total. The van der Waals surface area contributed by atoms with E-state index in [4.69, 9.17) is 18.9 Å². The second-order valence-corrected chi connectivity index (χ2v) is 10.4. The van der Waals surface area contributed by atoms with E-state index in [-0.39, 0.29) is 12.2 Å². The number of amides is 1. The third-order valence-electron chi connectivity index (χ3n) is 5.89. The van der Waals surface area contributed by atoms with Crippen molar-refractivity contribution in [2.45, 2.75) is 13.2 Å². The van der Waals surface area contributed by atoms with Crippen molar-refractivity contribution in [3.05, 3.63) is 116 Å². The van der Waals surface area contributed by atoms with Gasteiger partial charge in [0.05, 0.1) is 23.2 Å². The molecule has 4 rings (SSSR count). The van der Waals surface area contributed by atoms with Crippen molar-refractivity contribution in [1.29, 1.82) is 5.26 Å². The Balaban J connectivity index is 1.42. The van der Waals surface area contributed by atoms with Crippen LogP contribution in [0.15, 0.2) is 99.4 Å². The number of ether oxygens (including phenoxy) is 4. The normalized spacial score (nSPS) is 10.9. The minimum atomic E-state index is -0.518. The van der Waals surface area contributed by atoms with Crippen molar-refractivity contribution >= 4 is 49.5 Å². The highest BCUT2D eigenvalue weighted by Crippen LogP contribution is 2.37. The number of rotatable bonds is 11. The first-order valence-electron chi connectivity index (χ1n) is 12.4. The fourth-order valence-corrected chi connectivity index (χ4v) is 5.25. The largest absolute Gasteiger partial charge is 0.497 e. The van der Waals surface area contributed by atoms with Gasteiger partial charge in [-0.2, -0.15) is 5.26 Å². The third kappa shape index (κ3) is 8.13. The lowest BCUT2D eigenvalue weighted by molar-refractivity contribution is -0.112. The highest BCUT2D eigenvalue weighted by Gasteiger charge is 2.14. The van der Waals surface area contributed by atoms with Crippen LogP contribution in [0, 0.1) is 11.3 Å². The zero-order valence-corrected chi connectivity index (χ0v) is 25.5. The lowest BCUT2D eigenvalue weighted by atomic mass is 10.1. The molecular formula is C32H26Br2N2O5. The second kappa shape index (κ2) is 14.4. The fraction of sp³-hybridized carbons (Fsp3) is 0.125. The van der Waals surface area contributed by atoms with Gasteiger partial charge in [-0.3, -0.25) is 4.79 Å². The van der Waals surface area contributed by atoms with Crippen molar-refractivity contribution in [1.82, 2.24) is 0 Å². The van der Waals surface area contributed by atoms with E-state index in [0.717, 1.165) is 11.1 Å². The number of hydrogen-bond acceptors (Lipinski definition) is 6. The molecule has 0 atom stereocenters. The summed E-state index contributed by atoms with van der Waals surface area (Å²) in [4.78, 5) is 12.7. The summed E-state index contributed by atoms with van der Waals surface area (Å²) < 4.78 is 24.0. The molecule has 0 bridgehead atoms. The Morgan fingerprint density at radius 2 is 1.51 bits per heavy atom. The van der Waals surface area contributed by atoms with E-state index in [2.05, 4.69) is 37.2 Å². The van der Waals surface area contributed by atoms with Crippen molar-refractivity contribution in [2.24, 2.45) is 0 Å². The SMILES string of the molecule is COc1ccc(NC(=O)/C(C#N)=C\c2cc(Br)c(OCc3ccc(OCc4ccccc4)c(OC)c3)c(Br)c2)cc1. The topological polar surface area (TPSA) is 89.8 Å². The number of carbonyl (C=O) groups is 1. The lowest BCUT2D eigenvalue weighted by Crippen LogP contribution is -2.13. The molecule has 1 amide bonds. The predicted octanol–water partition coefficient (Wildman–Crippen LogP) is 7.93. The fourth-order valence-electron chi connectivity index (χ4n) is 3.80. The summed E-state index contributed by atoms with van der Waals surface area (Å²) in [5, 5.41) is 12.3. The van der Waals surface area contributed by atoms with Crippen molar-refractivity contribution in [2.75, 3.05) is 19.5 Å². The molecule has 0 radical (unpaired) electrons. The lowest BCUT2D eigenvalue weighted by Gasteiger charge is -2.14. The predicted molar refractivity (Wildman–Crippen MR) is 165 cm³/mol. The number of nitrogens with zero attached hydrogens (tertiary/aromatic N) is 1. The van der Waals surface area contributed by atoms with E-state index in [1.54, 1.807) is 50.6 Å². The van der Waals surface area contributed by atoms with Crippen LogP contribution in [-0.2, 0) is 18.0 Å². The van der Waals surface area contributed by atoms with E-state index >= 15 is 0 Å². The van der Waals surface area contributed by atoms with Crippen LogP contribution in [0.4, 0.5) is 5.69 Å². The van der Waals surface area contributed by atoms with Gasteiger partial charge in [-0.1, -0.05) is 36.4 Å². The maximum absolute atomic E-state index is 12.7. The Labute approximate surface area is 255 Å². The van der Waals surface area contributed by atoms with Crippen LogP contribution < -0.4 is 24.3 Å². The number of nitriles is 1. The summed E-state index contributed by atoms with van der Waals surface area (Å²) in [6, 6.07) is 27.9. The van der Waals surface area contributed by atoms with Crippen LogP contribution in [0.1, 0.15) is 16.7 Å². The molecule has 0 aliphatic heterocycles. The van der Waals surface area contributed by atoms with Crippen LogP contribution >= 0.6 is 31.9 Å². The molecule has 0 saturated heterocycles. The molecule has 208 valence electrons. The summed E-state index contributed by atoms with van der Waals surface area (Å²) in [6.45, 7) is 0.708. The Kier molecular flexibility index (Phi) is 10.4. The molecule has 1 N–H and O–H groups in total. The molecule has 41 heavy (non-hydrogen) atoms. The Morgan fingerprint density at radius 1 is 0.829 bits per heavy atom. The zero-order chi connectivity index (χ0) is 29.2. The van der Waals surface area contributed by atoms with Crippen molar-refractivity contribution in [3.63, 3.8) is 0 Å². The highest BCUT2D eigenvalue weighted by atomic mass is 79.9. The Bertz CT molecular complexity index is 1560. The van der Waals surface area contributed by atoms with Crippen molar-refractivity contribution < 1.29 is 23.7 Å². The van der Waals surface area contributed by atoms with E-state index in [1.165, 1.54) is 6.08 Å². The van der Waals surface area contributed by atoms with Gasteiger partial charge < -0.3 is 24.3 Å². The molecule has 0 spiro atoms. The summed E-state index contributed by atoms with van der Waals surface area (Å²) in [5.41, 5.74) is 3.10. The van der Waals surface area contributed by atoms with Crippen LogP contribution in [0.5, 0.6) is 23.0 Å².